The molecular formula is C29H25N3O3. The van der Waals surface area contributed by atoms with Crippen LogP contribution < -0.4 is 14.8 Å². The lowest BCUT2D eigenvalue weighted by Gasteiger charge is -2.11. The Bertz CT molecular complexity index is 1490. The van der Waals surface area contributed by atoms with E-state index in [0.717, 1.165) is 28.3 Å². The Morgan fingerprint density at radius 2 is 1.74 bits per heavy atom. The number of fused-ring (bicyclic) bond motifs is 1. The molecule has 35 heavy (non-hydrogen) atoms. The van der Waals surface area contributed by atoms with Crippen molar-refractivity contribution in [2.45, 2.75) is 13.5 Å². The second-order valence-electron chi connectivity index (χ2n) is 8.15. The zero-order valence-corrected chi connectivity index (χ0v) is 19.6. The third kappa shape index (κ3) is 4.59. The SMILES string of the molecule is COc1ccccc1C(=O)Oc1cccc(-c2nc3c(C)cccn3c2NCc2ccccc2)c1. The lowest BCUT2D eigenvalue weighted by Crippen LogP contribution is -2.10. The van der Waals surface area contributed by atoms with Crippen LogP contribution in [0.4, 0.5) is 5.82 Å². The van der Waals surface area contributed by atoms with Crippen LogP contribution in [0.25, 0.3) is 16.9 Å². The molecule has 0 atom stereocenters. The van der Waals surface area contributed by atoms with Crippen molar-refractivity contribution in [1.82, 2.24) is 9.38 Å². The Labute approximate surface area is 203 Å². The summed E-state index contributed by atoms with van der Waals surface area (Å²) in [5, 5.41) is 3.56. The zero-order chi connectivity index (χ0) is 24.2. The maximum absolute atomic E-state index is 12.8. The van der Waals surface area contributed by atoms with Gasteiger partial charge in [-0.05, 0) is 48.4 Å². The van der Waals surface area contributed by atoms with Crippen LogP contribution in [0.15, 0.2) is 97.2 Å². The van der Waals surface area contributed by atoms with Gasteiger partial charge in [-0.3, -0.25) is 4.40 Å². The highest BCUT2D eigenvalue weighted by Crippen LogP contribution is 2.32. The van der Waals surface area contributed by atoms with Gasteiger partial charge in [0, 0.05) is 18.3 Å². The molecule has 5 aromatic rings. The number of carbonyl (C=O) groups excluding carboxylic acids is 1. The van der Waals surface area contributed by atoms with Gasteiger partial charge in [0.1, 0.15) is 34.2 Å². The number of aromatic nitrogens is 2. The normalized spacial score (nSPS) is 10.8. The van der Waals surface area contributed by atoms with Gasteiger partial charge in [-0.2, -0.15) is 0 Å². The number of benzene rings is 3. The molecule has 0 aliphatic heterocycles. The summed E-state index contributed by atoms with van der Waals surface area (Å²) in [6.45, 7) is 2.69. The maximum Gasteiger partial charge on any atom is 0.347 e. The minimum Gasteiger partial charge on any atom is -0.496 e. The van der Waals surface area contributed by atoms with E-state index < -0.39 is 5.97 Å². The van der Waals surface area contributed by atoms with Gasteiger partial charge in [-0.15, -0.1) is 0 Å². The van der Waals surface area contributed by atoms with Crippen molar-refractivity contribution in [3.63, 3.8) is 0 Å². The van der Waals surface area contributed by atoms with Gasteiger partial charge in [0.05, 0.1) is 7.11 Å². The summed E-state index contributed by atoms with van der Waals surface area (Å²) in [7, 11) is 1.53. The van der Waals surface area contributed by atoms with Gasteiger partial charge in [0.2, 0.25) is 0 Å². The average Bonchev–Trinajstić information content (AvgIpc) is 3.28. The van der Waals surface area contributed by atoms with Gasteiger partial charge < -0.3 is 14.8 Å². The van der Waals surface area contributed by atoms with Crippen molar-refractivity contribution in [2.24, 2.45) is 0 Å². The number of imidazole rings is 1. The molecule has 2 heterocycles. The number of esters is 1. The minimum atomic E-state index is -0.479. The molecule has 2 aromatic heterocycles. The number of hydrogen-bond donors (Lipinski definition) is 1. The van der Waals surface area contributed by atoms with Gasteiger partial charge in [-0.1, -0.05) is 60.7 Å². The molecule has 0 unspecified atom stereocenters. The summed E-state index contributed by atoms with van der Waals surface area (Å²) in [5.74, 6) is 1.30. The third-order valence-corrected chi connectivity index (χ3v) is 5.79. The largest absolute Gasteiger partial charge is 0.496 e. The topological polar surface area (TPSA) is 64.9 Å². The molecule has 0 saturated carbocycles. The number of aryl methyl sites for hydroxylation is 1. The highest BCUT2D eigenvalue weighted by molar-refractivity contribution is 5.94. The molecule has 0 fully saturated rings. The first-order valence-corrected chi connectivity index (χ1v) is 11.3. The van der Waals surface area contributed by atoms with E-state index in [0.29, 0.717) is 23.6 Å². The van der Waals surface area contributed by atoms with E-state index >= 15 is 0 Å². The molecule has 6 heteroatoms. The fraction of sp³-hybridized carbons (Fsp3) is 0.103. The second-order valence-corrected chi connectivity index (χ2v) is 8.15. The number of nitrogens with zero attached hydrogens (tertiary/aromatic N) is 2. The fourth-order valence-electron chi connectivity index (χ4n) is 4.04. The van der Waals surface area contributed by atoms with Gasteiger partial charge >= 0.3 is 5.97 Å². The molecule has 0 aliphatic rings. The summed E-state index contributed by atoms with van der Waals surface area (Å²) >= 11 is 0. The van der Waals surface area contributed by atoms with Crippen LogP contribution in [0.5, 0.6) is 11.5 Å². The molecule has 0 bridgehead atoms. The molecular weight excluding hydrogens is 438 g/mol. The van der Waals surface area contributed by atoms with Gasteiger partial charge in [0.25, 0.3) is 0 Å². The lowest BCUT2D eigenvalue weighted by molar-refractivity contribution is 0.0731. The Hall–Kier alpha value is -4.58. The first kappa shape index (κ1) is 22.2. The van der Waals surface area contributed by atoms with Crippen LogP contribution >= 0.6 is 0 Å². The number of hydrogen-bond acceptors (Lipinski definition) is 5. The summed E-state index contributed by atoms with van der Waals surface area (Å²) in [6, 6.07) is 28.7. The number of methoxy groups -OCH3 is 1. The number of para-hydroxylation sites is 1. The van der Waals surface area contributed by atoms with Crippen molar-refractivity contribution in [3.05, 3.63) is 114 Å². The van der Waals surface area contributed by atoms with Crippen LogP contribution in [0.3, 0.4) is 0 Å². The van der Waals surface area contributed by atoms with E-state index in [-0.39, 0.29) is 0 Å². The van der Waals surface area contributed by atoms with E-state index in [9.17, 15) is 4.79 Å². The summed E-state index contributed by atoms with van der Waals surface area (Å²) in [6.07, 6.45) is 2.00. The molecule has 0 spiro atoms. The van der Waals surface area contributed by atoms with Crippen molar-refractivity contribution >= 4 is 17.4 Å². The average molecular weight is 464 g/mol. The molecule has 1 N–H and O–H groups in total. The highest BCUT2D eigenvalue weighted by Gasteiger charge is 2.18. The molecule has 5 rings (SSSR count). The zero-order valence-electron chi connectivity index (χ0n) is 19.6. The highest BCUT2D eigenvalue weighted by atomic mass is 16.5. The van der Waals surface area contributed by atoms with Crippen molar-refractivity contribution in [2.75, 3.05) is 12.4 Å². The number of nitrogens with one attached hydrogen (secondary N) is 1. The van der Waals surface area contributed by atoms with Gasteiger partial charge in [0.15, 0.2) is 0 Å². The van der Waals surface area contributed by atoms with E-state index in [1.807, 2.05) is 67.7 Å². The van der Waals surface area contributed by atoms with E-state index in [1.165, 1.54) is 12.7 Å². The van der Waals surface area contributed by atoms with Crippen LogP contribution in [-0.2, 0) is 6.54 Å². The predicted octanol–water partition coefficient (Wildman–Crippen LogP) is 6.15. The standard InChI is InChI=1S/C29H25N3O3/c1-20-10-9-17-32-27(20)31-26(28(32)30-19-21-11-4-3-5-12-21)22-13-8-14-23(18-22)35-29(33)24-15-6-7-16-25(24)34-2/h3-18,30H,19H2,1-2H3. The quantitative estimate of drug-likeness (QED) is 0.232. The van der Waals surface area contributed by atoms with E-state index in [4.69, 9.17) is 14.5 Å². The fourth-order valence-corrected chi connectivity index (χ4v) is 4.04. The smallest absolute Gasteiger partial charge is 0.347 e. The van der Waals surface area contributed by atoms with Crippen molar-refractivity contribution in [1.29, 1.82) is 0 Å². The Morgan fingerprint density at radius 1 is 0.943 bits per heavy atom. The number of anilines is 1. The molecule has 174 valence electrons. The number of carbonyl (C=O) groups is 1. The first-order valence-electron chi connectivity index (χ1n) is 11.3. The second kappa shape index (κ2) is 9.73. The summed E-state index contributed by atoms with van der Waals surface area (Å²) in [5.41, 5.74) is 5.10. The number of ether oxygens (including phenoxy) is 2. The Morgan fingerprint density at radius 3 is 2.57 bits per heavy atom. The molecule has 6 nitrogen and oxygen atoms in total. The number of pyridine rings is 1. The third-order valence-electron chi connectivity index (χ3n) is 5.79. The predicted molar refractivity (Wildman–Crippen MR) is 137 cm³/mol. The summed E-state index contributed by atoms with van der Waals surface area (Å²) in [4.78, 5) is 17.8. The Balaban J connectivity index is 1.50. The molecule has 0 radical (unpaired) electrons. The first-order chi connectivity index (χ1) is 17.1. The van der Waals surface area contributed by atoms with Crippen molar-refractivity contribution < 1.29 is 14.3 Å². The van der Waals surface area contributed by atoms with E-state index in [1.54, 1.807) is 24.3 Å². The summed E-state index contributed by atoms with van der Waals surface area (Å²) < 4.78 is 13.1. The van der Waals surface area contributed by atoms with Gasteiger partial charge in [-0.25, -0.2) is 9.78 Å². The molecule has 0 aliphatic carbocycles. The minimum absolute atomic E-state index is 0.369. The lowest BCUT2D eigenvalue weighted by atomic mass is 10.1. The number of rotatable bonds is 7. The molecule has 3 aromatic carbocycles. The molecule has 0 amide bonds. The van der Waals surface area contributed by atoms with E-state index in [2.05, 4.69) is 21.9 Å². The maximum atomic E-state index is 12.8. The Kier molecular flexibility index (Phi) is 6.18. The van der Waals surface area contributed by atoms with Crippen molar-refractivity contribution in [3.8, 4) is 22.8 Å². The van der Waals surface area contributed by atoms with Crippen LogP contribution in [0.2, 0.25) is 0 Å². The van der Waals surface area contributed by atoms with Crippen LogP contribution in [0, 0.1) is 6.92 Å². The van der Waals surface area contributed by atoms with Crippen LogP contribution in [0.1, 0.15) is 21.5 Å². The molecule has 0 saturated heterocycles. The monoisotopic (exact) mass is 463 g/mol. The van der Waals surface area contributed by atoms with Crippen LogP contribution in [-0.4, -0.2) is 22.5 Å².